The second-order valence-corrected chi connectivity index (χ2v) is 9.13. The highest BCUT2D eigenvalue weighted by atomic mass is 32.2. The zero-order valence-corrected chi connectivity index (χ0v) is 21.0. The van der Waals surface area contributed by atoms with Gasteiger partial charge in [-0.2, -0.15) is 0 Å². The summed E-state index contributed by atoms with van der Waals surface area (Å²) >= 11 is 1.31. The molecule has 34 heavy (non-hydrogen) atoms. The first-order chi connectivity index (χ1) is 16.3. The molecule has 180 valence electrons. The summed E-state index contributed by atoms with van der Waals surface area (Å²) in [6.45, 7) is 8.62. The maximum atomic E-state index is 12.8. The number of methoxy groups -OCH3 is 1. The molecular weight excluding hydrogens is 450 g/mol. The largest absolute Gasteiger partial charge is 0.495 e. The molecule has 0 spiro atoms. The molecule has 1 aromatic heterocycles. The molecule has 0 unspecified atom stereocenters. The van der Waals surface area contributed by atoms with E-state index in [0.717, 1.165) is 5.56 Å². The molecule has 0 aliphatic heterocycles. The topological polar surface area (TPSA) is 98.1 Å². The average Bonchev–Trinajstić information content (AvgIpc) is 3.24. The third-order valence-corrected chi connectivity index (χ3v) is 6.26. The van der Waals surface area contributed by atoms with Gasteiger partial charge in [-0.25, -0.2) is 0 Å². The van der Waals surface area contributed by atoms with E-state index in [-0.39, 0.29) is 29.5 Å². The highest BCUT2D eigenvalue weighted by Crippen LogP contribution is 2.27. The number of hydrogen-bond donors (Lipinski definition) is 2. The number of carbonyl (C=O) groups is 2. The molecule has 0 bridgehead atoms. The maximum absolute atomic E-state index is 12.8. The molecule has 8 nitrogen and oxygen atoms in total. The van der Waals surface area contributed by atoms with E-state index in [1.807, 2.05) is 68.7 Å². The number of thioether (sulfide) groups is 1. The van der Waals surface area contributed by atoms with Crippen molar-refractivity contribution < 1.29 is 14.3 Å². The minimum Gasteiger partial charge on any atom is -0.495 e. The Bertz CT molecular complexity index is 1130. The van der Waals surface area contributed by atoms with Gasteiger partial charge in [0, 0.05) is 12.1 Å². The van der Waals surface area contributed by atoms with Crippen molar-refractivity contribution >= 4 is 29.3 Å². The van der Waals surface area contributed by atoms with E-state index >= 15 is 0 Å². The van der Waals surface area contributed by atoms with E-state index in [2.05, 4.69) is 20.8 Å². The summed E-state index contributed by atoms with van der Waals surface area (Å²) in [5.41, 5.74) is 2.25. The summed E-state index contributed by atoms with van der Waals surface area (Å²) in [7, 11) is 1.57. The maximum Gasteiger partial charge on any atom is 0.251 e. The third-order valence-electron chi connectivity index (χ3n) is 5.29. The lowest BCUT2D eigenvalue weighted by Gasteiger charge is -2.22. The van der Waals surface area contributed by atoms with Crippen LogP contribution in [0.4, 0.5) is 5.69 Å². The minimum absolute atomic E-state index is 0.0945. The summed E-state index contributed by atoms with van der Waals surface area (Å²) in [4.78, 5) is 25.4. The molecule has 0 fully saturated rings. The zero-order valence-electron chi connectivity index (χ0n) is 20.2. The van der Waals surface area contributed by atoms with E-state index in [1.165, 1.54) is 11.8 Å². The molecule has 0 aliphatic rings. The number of hydrogen-bond acceptors (Lipinski definition) is 6. The number of rotatable bonds is 10. The number of nitrogens with one attached hydrogen (secondary N) is 2. The normalized spacial score (nSPS) is 11.8. The van der Waals surface area contributed by atoms with Crippen LogP contribution in [-0.2, 0) is 11.3 Å². The van der Waals surface area contributed by atoms with Crippen molar-refractivity contribution in [2.75, 3.05) is 18.2 Å². The van der Waals surface area contributed by atoms with Crippen molar-refractivity contribution in [3.63, 3.8) is 0 Å². The Labute approximate surface area is 204 Å². The van der Waals surface area contributed by atoms with E-state index in [1.54, 1.807) is 19.2 Å². The van der Waals surface area contributed by atoms with Crippen molar-refractivity contribution in [2.24, 2.45) is 5.92 Å². The summed E-state index contributed by atoms with van der Waals surface area (Å²) in [5, 5.41) is 15.3. The number of benzene rings is 2. The van der Waals surface area contributed by atoms with E-state index in [4.69, 9.17) is 4.74 Å². The van der Waals surface area contributed by atoms with Crippen molar-refractivity contribution in [1.82, 2.24) is 20.1 Å². The van der Waals surface area contributed by atoms with Gasteiger partial charge in [-0.15, -0.1) is 10.2 Å². The van der Waals surface area contributed by atoms with Crippen LogP contribution in [0.15, 0.2) is 53.7 Å². The van der Waals surface area contributed by atoms with Gasteiger partial charge in [-0.05, 0) is 49.6 Å². The van der Waals surface area contributed by atoms with Crippen LogP contribution in [0.3, 0.4) is 0 Å². The molecule has 3 aromatic rings. The van der Waals surface area contributed by atoms with Crippen molar-refractivity contribution in [2.45, 2.75) is 45.4 Å². The van der Waals surface area contributed by atoms with Gasteiger partial charge in [-0.1, -0.05) is 49.9 Å². The quantitative estimate of drug-likeness (QED) is 0.415. The number of amides is 2. The minimum atomic E-state index is -0.320. The molecule has 2 N–H and O–H groups in total. The fourth-order valence-corrected chi connectivity index (χ4v) is 4.32. The van der Waals surface area contributed by atoms with Gasteiger partial charge in [0.2, 0.25) is 5.91 Å². The van der Waals surface area contributed by atoms with Crippen LogP contribution in [-0.4, -0.2) is 39.4 Å². The molecule has 2 amide bonds. The van der Waals surface area contributed by atoms with Gasteiger partial charge in [0.15, 0.2) is 11.0 Å². The van der Waals surface area contributed by atoms with Crippen LogP contribution in [0.5, 0.6) is 5.75 Å². The van der Waals surface area contributed by atoms with Crippen LogP contribution in [0.1, 0.15) is 48.6 Å². The Morgan fingerprint density at radius 2 is 1.85 bits per heavy atom. The van der Waals surface area contributed by atoms with Gasteiger partial charge in [-0.3, -0.25) is 9.59 Å². The van der Waals surface area contributed by atoms with Gasteiger partial charge < -0.3 is 19.9 Å². The van der Waals surface area contributed by atoms with Crippen LogP contribution >= 0.6 is 11.8 Å². The summed E-state index contributed by atoms with van der Waals surface area (Å²) in [5.74, 6) is 1.21. The van der Waals surface area contributed by atoms with E-state index in [9.17, 15) is 9.59 Å². The van der Waals surface area contributed by atoms with Crippen LogP contribution < -0.4 is 15.4 Å². The average molecular weight is 482 g/mol. The molecule has 2 aromatic carbocycles. The molecular formula is C25H31N5O3S. The third kappa shape index (κ3) is 6.17. The summed E-state index contributed by atoms with van der Waals surface area (Å²) in [6, 6.07) is 14.4. The molecule has 0 saturated heterocycles. The zero-order chi connectivity index (χ0) is 24.7. The van der Waals surface area contributed by atoms with Gasteiger partial charge in [0.1, 0.15) is 5.75 Å². The standard InChI is InChI=1S/C25H31N5O3S/c1-6-30-23(22(16(2)3)27-24(32)18-10-8-7-9-11-18)28-29-25(30)34-15-21(31)26-19-14-17(4)12-13-20(19)33-5/h7-14,16,22H,6,15H2,1-5H3,(H,26,31)(H,27,32)/t22-/m0/s1. The predicted octanol–water partition coefficient (Wildman–Crippen LogP) is 4.47. The number of aryl methyl sites for hydroxylation is 1. The predicted molar refractivity (Wildman–Crippen MR) is 134 cm³/mol. The second kappa shape index (κ2) is 11.7. The Morgan fingerprint density at radius 1 is 1.12 bits per heavy atom. The van der Waals surface area contributed by atoms with Gasteiger partial charge in [0.05, 0.1) is 24.6 Å². The summed E-state index contributed by atoms with van der Waals surface area (Å²) in [6.07, 6.45) is 0. The van der Waals surface area contributed by atoms with Gasteiger partial charge in [0.25, 0.3) is 5.91 Å². The Hall–Kier alpha value is -3.33. The van der Waals surface area contributed by atoms with E-state index in [0.29, 0.717) is 34.5 Å². The highest BCUT2D eigenvalue weighted by molar-refractivity contribution is 7.99. The van der Waals surface area contributed by atoms with Gasteiger partial charge >= 0.3 is 0 Å². The molecule has 0 radical (unpaired) electrons. The number of anilines is 1. The van der Waals surface area contributed by atoms with Crippen LogP contribution in [0.2, 0.25) is 0 Å². The fraction of sp³-hybridized carbons (Fsp3) is 0.360. The SMILES string of the molecule is CCn1c(SCC(=O)Nc2cc(C)ccc2OC)nnc1[C@@H](NC(=O)c1ccccc1)C(C)C. The van der Waals surface area contributed by atoms with Crippen molar-refractivity contribution in [3.8, 4) is 5.75 Å². The van der Waals surface area contributed by atoms with Crippen LogP contribution in [0, 0.1) is 12.8 Å². The Balaban J connectivity index is 1.72. The lowest BCUT2D eigenvalue weighted by atomic mass is 10.0. The number of carbonyl (C=O) groups excluding carboxylic acids is 2. The monoisotopic (exact) mass is 481 g/mol. The van der Waals surface area contributed by atoms with E-state index < -0.39 is 0 Å². The first-order valence-electron chi connectivity index (χ1n) is 11.2. The molecule has 1 heterocycles. The first-order valence-corrected chi connectivity index (χ1v) is 12.2. The highest BCUT2D eigenvalue weighted by Gasteiger charge is 2.26. The Morgan fingerprint density at radius 3 is 2.50 bits per heavy atom. The Kier molecular flexibility index (Phi) is 8.70. The smallest absolute Gasteiger partial charge is 0.251 e. The number of nitrogens with zero attached hydrogens (tertiary/aromatic N) is 3. The van der Waals surface area contributed by atoms with Crippen molar-refractivity contribution in [3.05, 3.63) is 65.5 Å². The second-order valence-electron chi connectivity index (χ2n) is 8.19. The molecule has 0 saturated carbocycles. The molecule has 0 aliphatic carbocycles. The fourth-order valence-electron chi connectivity index (χ4n) is 3.51. The number of ether oxygens (including phenoxy) is 1. The lowest BCUT2D eigenvalue weighted by molar-refractivity contribution is -0.113. The van der Waals surface area contributed by atoms with Crippen LogP contribution in [0.25, 0.3) is 0 Å². The first kappa shape index (κ1) is 25.3. The molecule has 1 atom stereocenters. The summed E-state index contributed by atoms with van der Waals surface area (Å²) < 4.78 is 7.28. The molecule has 9 heteroatoms. The molecule has 3 rings (SSSR count). The number of aromatic nitrogens is 3. The lowest BCUT2D eigenvalue weighted by Crippen LogP contribution is -2.33. The van der Waals surface area contributed by atoms with Crippen molar-refractivity contribution in [1.29, 1.82) is 0 Å².